The van der Waals surface area contributed by atoms with Crippen LogP contribution >= 0.6 is 34.8 Å². The standard InChI is InChI=1S/C19H19Cl3N2O/c1-2-10-24(19(25)18-15(21)4-3-9-23-18)17-8-7-14(17)13-6-5-12(20)11-16(13)22/h3-6,9,11,14,17H,2,7-8,10H2,1H3. The van der Waals surface area contributed by atoms with Gasteiger partial charge in [0.25, 0.3) is 5.91 Å². The summed E-state index contributed by atoms with van der Waals surface area (Å²) < 4.78 is 0. The van der Waals surface area contributed by atoms with Crippen LogP contribution in [0.5, 0.6) is 0 Å². The van der Waals surface area contributed by atoms with Crippen LogP contribution in [-0.2, 0) is 0 Å². The zero-order valence-corrected chi connectivity index (χ0v) is 16.2. The second-order valence-corrected chi connectivity index (χ2v) is 7.50. The highest BCUT2D eigenvalue weighted by molar-refractivity contribution is 6.35. The number of hydrogen-bond acceptors (Lipinski definition) is 2. The van der Waals surface area contributed by atoms with Crippen LogP contribution in [-0.4, -0.2) is 28.4 Å². The summed E-state index contributed by atoms with van der Waals surface area (Å²) in [7, 11) is 0. The topological polar surface area (TPSA) is 33.2 Å². The third kappa shape index (κ3) is 3.79. The normalized spacial score (nSPS) is 19.4. The molecule has 25 heavy (non-hydrogen) atoms. The highest BCUT2D eigenvalue weighted by Crippen LogP contribution is 2.44. The molecule has 1 aromatic heterocycles. The number of nitrogens with zero attached hydrogens (tertiary/aromatic N) is 2. The van der Waals surface area contributed by atoms with Crippen molar-refractivity contribution in [1.29, 1.82) is 0 Å². The summed E-state index contributed by atoms with van der Waals surface area (Å²) in [5.41, 5.74) is 1.36. The molecule has 0 radical (unpaired) electrons. The van der Waals surface area contributed by atoms with Crippen molar-refractivity contribution in [2.45, 2.75) is 38.1 Å². The first-order valence-electron chi connectivity index (χ1n) is 8.39. The van der Waals surface area contributed by atoms with Crippen LogP contribution in [0, 0.1) is 0 Å². The van der Waals surface area contributed by atoms with Gasteiger partial charge in [-0.05, 0) is 49.1 Å². The SMILES string of the molecule is CCCN(C(=O)c1ncccc1Cl)C1CCC1c1ccc(Cl)cc1Cl. The quantitative estimate of drug-likeness (QED) is 0.635. The molecular formula is C19H19Cl3N2O. The third-order valence-electron chi connectivity index (χ3n) is 4.69. The number of halogens is 3. The van der Waals surface area contributed by atoms with Gasteiger partial charge in [-0.3, -0.25) is 4.79 Å². The zero-order chi connectivity index (χ0) is 18.0. The lowest BCUT2D eigenvalue weighted by Crippen LogP contribution is -2.49. The average molecular weight is 398 g/mol. The molecule has 0 bridgehead atoms. The second-order valence-electron chi connectivity index (χ2n) is 6.25. The molecule has 1 aliphatic rings. The van der Waals surface area contributed by atoms with E-state index in [2.05, 4.69) is 11.9 Å². The Labute approximate surface area is 162 Å². The maximum absolute atomic E-state index is 13.0. The maximum atomic E-state index is 13.0. The van der Waals surface area contributed by atoms with Gasteiger partial charge in [0.05, 0.1) is 5.02 Å². The minimum Gasteiger partial charge on any atom is -0.334 e. The van der Waals surface area contributed by atoms with E-state index in [1.54, 1.807) is 24.4 Å². The summed E-state index contributed by atoms with van der Waals surface area (Å²) in [5.74, 6) is 0.0926. The maximum Gasteiger partial charge on any atom is 0.274 e. The number of carbonyl (C=O) groups is 1. The summed E-state index contributed by atoms with van der Waals surface area (Å²) in [6.07, 6.45) is 4.40. The molecule has 2 unspecified atom stereocenters. The number of hydrogen-bond donors (Lipinski definition) is 0. The van der Waals surface area contributed by atoms with E-state index in [4.69, 9.17) is 34.8 Å². The van der Waals surface area contributed by atoms with E-state index in [0.717, 1.165) is 24.8 Å². The molecule has 3 rings (SSSR count). The Balaban J connectivity index is 1.88. The zero-order valence-electron chi connectivity index (χ0n) is 13.9. The number of carbonyl (C=O) groups excluding carboxylic acids is 1. The fourth-order valence-corrected chi connectivity index (χ4v) is 4.11. The summed E-state index contributed by atoms with van der Waals surface area (Å²) in [5, 5.41) is 1.65. The smallest absolute Gasteiger partial charge is 0.274 e. The van der Waals surface area contributed by atoms with Gasteiger partial charge in [-0.1, -0.05) is 47.8 Å². The van der Waals surface area contributed by atoms with Gasteiger partial charge < -0.3 is 4.90 Å². The third-order valence-corrected chi connectivity index (χ3v) is 5.55. The van der Waals surface area contributed by atoms with Gasteiger partial charge in [-0.2, -0.15) is 0 Å². The van der Waals surface area contributed by atoms with Gasteiger partial charge in [0.1, 0.15) is 5.69 Å². The number of benzene rings is 1. The molecular weight excluding hydrogens is 379 g/mol. The van der Waals surface area contributed by atoms with Crippen LogP contribution in [0.2, 0.25) is 15.1 Å². The van der Waals surface area contributed by atoms with Gasteiger partial charge >= 0.3 is 0 Å². The molecule has 132 valence electrons. The van der Waals surface area contributed by atoms with Crippen LogP contribution in [0.1, 0.15) is 48.2 Å². The monoisotopic (exact) mass is 396 g/mol. The van der Waals surface area contributed by atoms with E-state index in [1.165, 1.54) is 0 Å². The van der Waals surface area contributed by atoms with E-state index >= 15 is 0 Å². The largest absolute Gasteiger partial charge is 0.334 e. The first-order chi connectivity index (χ1) is 12.0. The molecule has 1 saturated carbocycles. The highest BCUT2D eigenvalue weighted by atomic mass is 35.5. The lowest BCUT2D eigenvalue weighted by Gasteiger charge is -2.45. The number of aromatic nitrogens is 1. The van der Waals surface area contributed by atoms with Gasteiger partial charge in [0, 0.05) is 34.7 Å². The summed E-state index contributed by atoms with van der Waals surface area (Å²) in [6.45, 7) is 2.72. The molecule has 0 aliphatic heterocycles. The first-order valence-corrected chi connectivity index (χ1v) is 9.52. The summed E-state index contributed by atoms with van der Waals surface area (Å²) in [4.78, 5) is 19.1. The van der Waals surface area contributed by atoms with Crippen molar-refractivity contribution in [3.05, 3.63) is 62.9 Å². The molecule has 1 amide bonds. The van der Waals surface area contributed by atoms with Crippen molar-refractivity contribution in [1.82, 2.24) is 9.88 Å². The van der Waals surface area contributed by atoms with Crippen molar-refractivity contribution < 1.29 is 4.79 Å². The van der Waals surface area contributed by atoms with Crippen LogP contribution < -0.4 is 0 Å². The Kier molecular flexibility index (Phi) is 5.88. The predicted molar refractivity (Wildman–Crippen MR) is 103 cm³/mol. The fourth-order valence-electron chi connectivity index (χ4n) is 3.36. The van der Waals surface area contributed by atoms with Crippen molar-refractivity contribution in [2.75, 3.05) is 6.54 Å². The Bertz CT molecular complexity index is 781. The molecule has 6 heteroatoms. The minimum atomic E-state index is -0.118. The van der Waals surface area contributed by atoms with E-state index < -0.39 is 0 Å². The van der Waals surface area contributed by atoms with Crippen LogP contribution in [0.4, 0.5) is 0 Å². The molecule has 2 atom stereocenters. The Morgan fingerprint density at radius 2 is 2.00 bits per heavy atom. The Morgan fingerprint density at radius 3 is 2.60 bits per heavy atom. The molecule has 2 aromatic rings. The molecule has 0 spiro atoms. The lowest BCUT2D eigenvalue weighted by molar-refractivity contribution is 0.0516. The first kappa shape index (κ1) is 18.5. The molecule has 3 nitrogen and oxygen atoms in total. The fraction of sp³-hybridized carbons (Fsp3) is 0.368. The average Bonchev–Trinajstić information content (AvgIpc) is 2.55. The van der Waals surface area contributed by atoms with E-state index in [-0.39, 0.29) is 17.9 Å². The van der Waals surface area contributed by atoms with Gasteiger partial charge in [-0.25, -0.2) is 4.98 Å². The van der Waals surface area contributed by atoms with Crippen molar-refractivity contribution in [2.24, 2.45) is 0 Å². The molecule has 1 heterocycles. The molecule has 1 aromatic carbocycles. The van der Waals surface area contributed by atoms with Gasteiger partial charge in [0.2, 0.25) is 0 Å². The molecule has 1 aliphatic carbocycles. The number of pyridine rings is 1. The molecule has 1 fully saturated rings. The lowest BCUT2D eigenvalue weighted by atomic mass is 9.74. The molecule has 0 saturated heterocycles. The van der Waals surface area contributed by atoms with Crippen molar-refractivity contribution in [3.63, 3.8) is 0 Å². The van der Waals surface area contributed by atoms with Crippen molar-refractivity contribution >= 4 is 40.7 Å². The van der Waals surface area contributed by atoms with Gasteiger partial charge in [-0.15, -0.1) is 0 Å². The minimum absolute atomic E-state index is 0.101. The van der Waals surface area contributed by atoms with Crippen LogP contribution in [0.15, 0.2) is 36.5 Å². The van der Waals surface area contributed by atoms with Crippen LogP contribution in [0.3, 0.4) is 0 Å². The van der Waals surface area contributed by atoms with Gasteiger partial charge in [0.15, 0.2) is 0 Å². The second kappa shape index (κ2) is 7.94. The Morgan fingerprint density at radius 1 is 1.20 bits per heavy atom. The predicted octanol–water partition coefficient (Wildman–Crippen LogP) is 5.84. The summed E-state index contributed by atoms with van der Waals surface area (Å²) in [6, 6.07) is 9.09. The number of rotatable bonds is 5. The molecule has 0 N–H and O–H groups in total. The summed E-state index contributed by atoms with van der Waals surface area (Å²) >= 11 is 18.6. The van der Waals surface area contributed by atoms with Crippen LogP contribution in [0.25, 0.3) is 0 Å². The van der Waals surface area contributed by atoms with Crippen molar-refractivity contribution in [3.8, 4) is 0 Å². The number of amides is 1. The van der Waals surface area contributed by atoms with E-state index in [1.807, 2.05) is 17.0 Å². The Hall–Kier alpha value is -1.29. The highest BCUT2D eigenvalue weighted by Gasteiger charge is 2.40. The van der Waals surface area contributed by atoms with E-state index in [9.17, 15) is 4.79 Å². The van der Waals surface area contributed by atoms with E-state index in [0.29, 0.717) is 27.3 Å².